The van der Waals surface area contributed by atoms with E-state index in [0.717, 1.165) is 0 Å². The van der Waals surface area contributed by atoms with Crippen LogP contribution < -0.4 is 0 Å². The summed E-state index contributed by atoms with van der Waals surface area (Å²) in [6.45, 7) is 0. The first-order valence-corrected chi connectivity index (χ1v) is 0. The quantitative estimate of drug-likeness (QED) is 0.337. The minimum atomic E-state index is 0. The van der Waals surface area contributed by atoms with Crippen molar-refractivity contribution < 1.29 is 0 Å². The van der Waals surface area contributed by atoms with E-state index in [9.17, 15) is 0 Å². The van der Waals surface area contributed by atoms with Crippen LogP contribution in [0.5, 0.6) is 0 Å². The van der Waals surface area contributed by atoms with E-state index in [1.54, 1.807) is 0 Å². The van der Waals surface area contributed by atoms with Crippen LogP contribution in [0.4, 0.5) is 0 Å². The molecule has 0 fully saturated rings. The van der Waals surface area contributed by atoms with Crippen molar-refractivity contribution in [3.8, 4) is 0 Å². The van der Waals surface area contributed by atoms with Gasteiger partial charge in [0.15, 0.2) is 0 Å². The molecule has 0 saturated heterocycles. The Morgan fingerprint density at radius 1 is 0.750 bits per heavy atom. The van der Waals surface area contributed by atoms with E-state index in [2.05, 4.69) is 0 Å². The maximum Gasteiger partial charge on any atom is 3.00 e. The van der Waals surface area contributed by atoms with Crippen molar-refractivity contribution in [3.05, 3.63) is 0 Å². The van der Waals surface area contributed by atoms with Crippen molar-refractivity contribution in [3.63, 3.8) is 0 Å². The molecule has 0 rings (SSSR count). The van der Waals surface area contributed by atoms with E-state index in [4.69, 9.17) is 0 Å². The van der Waals surface area contributed by atoms with Crippen LogP contribution >= 0.6 is 9.90 Å². The monoisotopic (exact) mass is 160 g/mol. The molecular weight excluding hydrogens is 160 g/mol. The van der Waals surface area contributed by atoms with Crippen molar-refractivity contribution >= 4 is 62.6 Å². The second-order valence-corrected chi connectivity index (χ2v) is 0. The Balaban J connectivity index is 0. The molecule has 0 heterocycles. The molecule has 0 nitrogen and oxygen atoms in total. The van der Waals surface area contributed by atoms with Gasteiger partial charge in [0.05, 0.1) is 0 Å². The van der Waals surface area contributed by atoms with Gasteiger partial charge in [0.2, 0.25) is 0 Å². The molecule has 16 valence electrons. The standard InChI is InChI=1S/2Al.As.P/q2*+3;2*-3. The molecule has 0 atom stereocenters. The van der Waals surface area contributed by atoms with Gasteiger partial charge < -0.3 is 27.9 Å². The summed E-state index contributed by atoms with van der Waals surface area (Å²) >= 11 is 0. The zero-order chi connectivity index (χ0) is 0. The average Bonchev–Trinajstić information content (AvgIpc) is 0. The molecule has 0 N–H and O–H groups in total. The summed E-state index contributed by atoms with van der Waals surface area (Å²) in [7, 11) is 0. The Morgan fingerprint density at radius 2 is 0.750 bits per heavy atom. The van der Waals surface area contributed by atoms with Crippen molar-refractivity contribution in [1.29, 1.82) is 0 Å². The Hall–Kier alpha value is 2.05. The van der Waals surface area contributed by atoms with Gasteiger partial charge in [-0.05, 0) is 0 Å². The van der Waals surface area contributed by atoms with Crippen molar-refractivity contribution in [2.45, 2.75) is 0 Å². The van der Waals surface area contributed by atoms with Gasteiger partial charge in [0, 0.05) is 0 Å². The molecule has 0 bridgehead atoms. The molecule has 0 saturated carbocycles. The number of rotatable bonds is 0. The smallest absolute Gasteiger partial charge is 3.00 e. The topological polar surface area (TPSA) is 0 Å². The van der Waals surface area contributed by atoms with Gasteiger partial charge in [-0.3, -0.25) is 0 Å². The molecule has 0 aliphatic rings. The molecule has 0 aromatic rings. The van der Waals surface area contributed by atoms with Crippen molar-refractivity contribution in [2.75, 3.05) is 0 Å². The molecule has 0 aromatic heterocycles. The van der Waals surface area contributed by atoms with Crippen molar-refractivity contribution in [1.82, 2.24) is 0 Å². The van der Waals surface area contributed by atoms with E-state index in [1.165, 1.54) is 0 Å². The summed E-state index contributed by atoms with van der Waals surface area (Å²) < 4.78 is 0. The minimum absolute atomic E-state index is 0. The summed E-state index contributed by atoms with van der Waals surface area (Å²) in [5.74, 6) is 0. The first-order valence-electron chi connectivity index (χ1n) is 0. The van der Waals surface area contributed by atoms with Gasteiger partial charge in [-0.1, -0.05) is 0 Å². The molecule has 0 spiro atoms. The predicted octanol–water partition coefficient (Wildman–Crippen LogP) is -0.281. The zero-order valence-electron chi connectivity index (χ0n) is 2.05. The molecular formula is Al2AsP. The maximum atomic E-state index is 0. The Morgan fingerprint density at radius 3 is 0.750 bits per heavy atom. The summed E-state index contributed by atoms with van der Waals surface area (Å²) in [5, 5.41) is 0. The normalized spacial score (nSPS) is 0. The van der Waals surface area contributed by atoms with Crippen LogP contribution in [-0.4, -0.2) is 52.7 Å². The fraction of sp³-hybridized carbons (Fsp3) is 0. The van der Waals surface area contributed by atoms with Crippen LogP contribution in [0.1, 0.15) is 0 Å². The van der Waals surface area contributed by atoms with Crippen molar-refractivity contribution in [2.24, 2.45) is 0 Å². The van der Waals surface area contributed by atoms with E-state index in [1.807, 2.05) is 0 Å². The van der Waals surface area contributed by atoms with Crippen LogP contribution in [-0.2, 0) is 0 Å². The molecule has 0 aliphatic carbocycles. The maximum absolute atomic E-state index is 0. The first-order chi connectivity index (χ1) is 0. The van der Waals surface area contributed by atoms with Crippen LogP contribution in [0.2, 0.25) is 0 Å². The summed E-state index contributed by atoms with van der Waals surface area (Å²) in [5.41, 5.74) is 0. The van der Waals surface area contributed by atoms with E-state index in [0.29, 0.717) is 0 Å². The number of hydrogen-bond donors (Lipinski definition) is 0. The molecule has 0 amide bonds. The van der Waals surface area contributed by atoms with Gasteiger partial charge in [-0.15, -0.1) is 0 Å². The molecule has 0 aliphatic heterocycles. The molecule has 0 unspecified atom stereocenters. The predicted molar refractivity (Wildman–Crippen MR) is 24.2 cm³/mol. The second kappa shape index (κ2) is 19.7. The Bertz CT molecular complexity index is 6.00. The van der Waals surface area contributed by atoms with Crippen LogP contribution in [0.15, 0.2) is 0 Å². The minimum Gasteiger partial charge on any atom is -3.00 e. The fourth-order valence-corrected chi connectivity index (χ4v) is 0. The summed E-state index contributed by atoms with van der Waals surface area (Å²) in [4.78, 5) is 0. The van der Waals surface area contributed by atoms with Gasteiger partial charge in [0.25, 0.3) is 0 Å². The van der Waals surface area contributed by atoms with E-state index < -0.39 is 0 Å². The third-order valence-corrected chi connectivity index (χ3v) is 0. The fourth-order valence-electron chi connectivity index (χ4n) is 0. The van der Waals surface area contributed by atoms with E-state index >= 15 is 0 Å². The molecule has 4 heteroatoms. The summed E-state index contributed by atoms with van der Waals surface area (Å²) in [6.07, 6.45) is 0. The first kappa shape index (κ1) is 36.7. The third-order valence-electron chi connectivity index (χ3n) is 0. The third kappa shape index (κ3) is 8.96. The Labute approximate surface area is 62.3 Å². The second-order valence-electron chi connectivity index (χ2n) is 0. The number of hydrogen-bond acceptors (Lipinski definition) is 0. The average molecular weight is 160 g/mol. The van der Waals surface area contributed by atoms with Gasteiger partial charge in [0.1, 0.15) is 0 Å². The zero-order valence-corrected chi connectivity index (χ0v) is 7.13. The Kier molecular flexibility index (Phi) is 180. The molecule has 4 heavy (non-hydrogen) atoms. The van der Waals surface area contributed by atoms with Gasteiger partial charge in [-0.25, -0.2) is 0 Å². The van der Waals surface area contributed by atoms with Crippen LogP contribution in [0.25, 0.3) is 0 Å². The SMILES string of the molecule is [Al+3].[Al+3].[As-3].[P-3]. The van der Waals surface area contributed by atoms with Gasteiger partial charge >= 0.3 is 34.7 Å². The van der Waals surface area contributed by atoms with Crippen LogP contribution in [0.3, 0.4) is 0 Å². The molecule has 0 aromatic carbocycles. The van der Waals surface area contributed by atoms with Crippen LogP contribution in [0, 0.1) is 0 Å². The van der Waals surface area contributed by atoms with E-state index in [-0.39, 0.29) is 62.6 Å². The molecule has 0 radical (unpaired) electrons. The summed E-state index contributed by atoms with van der Waals surface area (Å²) in [6, 6.07) is 0. The van der Waals surface area contributed by atoms with Gasteiger partial charge in [-0.2, -0.15) is 0 Å². The largest absolute Gasteiger partial charge is 3.00 e.